The monoisotopic (exact) mass is 358 g/mol. The van der Waals surface area contributed by atoms with Crippen molar-refractivity contribution in [2.24, 2.45) is 0 Å². The maximum Gasteiger partial charge on any atom is 0.201 e. The fourth-order valence-electron chi connectivity index (χ4n) is 4.26. The van der Waals surface area contributed by atoms with E-state index >= 15 is 4.39 Å². The largest absolute Gasteiger partial charge is 0.490 e. The minimum Gasteiger partial charge on any atom is -0.490 e. The van der Waals surface area contributed by atoms with Gasteiger partial charge in [-0.1, -0.05) is 62.9 Å². The van der Waals surface area contributed by atoms with E-state index in [1.807, 2.05) is 37.3 Å². The third-order valence-electron chi connectivity index (χ3n) is 5.34. The van der Waals surface area contributed by atoms with Gasteiger partial charge in [-0.3, -0.25) is 0 Å². The van der Waals surface area contributed by atoms with Crippen molar-refractivity contribution in [3.05, 3.63) is 53.1 Å². The highest BCUT2D eigenvalue weighted by atomic mass is 19.2. The zero-order valence-electron chi connectivity index (χ0n) is 15.8. The van der Waals surface area contributed by atoms with Crippen LogP contribution in [-0.4, -0.2) is 6.61 Å². The first kappa shape index (κ1) is 18.9. The minimum atomic E-state index is -0.839. The van der Waals surface area contributed by atoms with E-state index in [0.717, 1.165) is 48.8 Å². The van der Waals surface area contributed by atoms with E-state index in [1.54, 1.807) is 0 Å². The molecule has 0 bridgehead atoms. The Morgan fingerprint density at radius 2 is 1.65 bits per heavy atom. The van der Waals surface area contributed by atoms with Crippen LogP contribution >= 0.6 is 0 Å². The second-order valence-electron chi connectivity index (χ2n) is 7.11. The van der Waals surface area contributed by atoms with E-state index in [0.29, 0.717) is 18.6 Å². The molecule has 2 aromatic carbocycles. The first-order valence-corrected chi connectivity index (χ1v) is 9.90. The van der Waals surface area contributed by atoms with Crippen LogP contribution in [0.25, 0.3) is 11.1 Å². The molecule has 0 atom stereocenters. The lowest BCUT2D eigenvalue weighted by Gasteiger charge is -2.29. The molecule has 0 unspecified atom stereocenters. The molecule has 0 N–H and O–H groups in total. The predicted octanol–water partition coefficient (Wildman–Crippen LogP) is 7.03. The summed E-state index contributed by atoms with van der Waals surface area (Å²) in [5, 5.41) is 0. The molecule has 140 valence electrons. The maximum absolute atomic E-state index is 15.3. The molecule has 1 aliphatic carbocycles. The van der Waals surface area contributed by atoms with E-state index in [1.165, 1.54) is 6.42 Å². The molecule has 0 radical (unpaired) electrons. The normalized spacial score (nSPS) is 15.2. The van der Waals surface area contributed by atoms with Crippen LogP contribution in [0.2, 0.25) is 0 Å². The van der Waals surface area contributed by atoms with Crippen molar-refractivity contribution in [1.82, 2.24) is 0 Å². The van der Waals surface area contributed by atoms with Gasteiger partial charge in [0.05, 0.1) is 6.61 Å². The lowest BCUT2D eigenvalue weighted by Crippen LogP contribution is -2.14. The van der Waals surface area contributed by atoms with Crippen LogP contribution in [0.4, 0.5) is 8.78 Å². The molecule has 1 saturated carbocycles. The van der Waals surface area contributed by atoms with Gasteiger partial charge in [-0.25, -0.2) is 4.39 Å². The quantitative estimate of drug-likeness (QED) is 0.538. The summed E-state index contributed by atoms with van der Waals surface area (Å²) in [5.74, 6) is -1.20. The molecule has 0 amide bonds. The Labute approximate surface area is 155 Å². The van der Waals surface area contributed by atoms with Crippen molar-refractivity contribution >= 4 is 0 Å². The highest BCUT2D eigenvalue weighted by Gasteiger charge is 2.30. The van der Waals surface area contributed by atoms with Crippen LogP contribution in [-0.2, 0) is 6.42 Å². The van der Waals surface area contributed by atoms with Crippen LogP contribution in [0.1, 0.15) is 69.4 Å². The average molecular weight is 358 g/mol. The van der Waals surface area contributed by atoms with Crippen LogP contribution in [0.5, 0.6) is 5.75 Å². The van der Waals surface area contributed by atoms with Gasteiger partial charge >= 0.3 is 0 Å². The molecule has 1 aliphatic rings. The van der Waals surface area contributed by atoms with E-state index < -0.39 is 11.6 Å². The number of rotatable bonds is 6. The number of hydrogen-bond donors (Lipinski definition) is 0. The maximum atomic E-state index is 15.3. The lowest BCUT2D eigenvalue weighted by atomic mass is 9.77. The Morgan fingerprint density at radius 1 is 0.962 bits per heavy atom. The standard InChI is InChI=1S/C23H28F2O/c1-3-11-18-19(16-12-7-5-8-13-16)20(17-14-9-6-10-15-17)21(24)22(25)23(18)26-4-2/h6,9-10,14-16H,3-5,7-8,11-13H2,1-2H3. The van der Waals surface area contributed by atoms with Crippen molar-refractivity contribution < 1.29 is 13.5 Å². The van der Waals surface area contributed by atoms with Crippen molar-refractivity contribution in [2.45, 2.75) is 64.7 Å². The molecule has 0 saturated heterocycles. The number of hydrogen-bond acceptors (Lipinski definition) is 1. The first-order chi connectivity index (χ1) is 12.7. The Bertz CT molecular complexity index is 734. The van der Waals surface area contributed by atoms with Crippen molar-refractivity contribution in [2.75, 3.05) is 6.61 Å². The van der Waals surface area contributed by atoms with Crippen molar-refractivity contribution in [3.63, 3.8) is 0 Å². The molecular weight excluding hydrogens is 330 g/mol. The summed E-state index contributed by atoms with van der Waals surface area (Å²) in [4.78, 5) is 0. The fraction of sp³-hybridized carbons (Fsp3) is 0.478. The Kier molecular flexibility index (Phi) is 6.29. The summed E-state index contributed by atoms with van der Waals surface area (Å²) in [6, 6.07) is 9.42. The van der Waals surface area contributed by atoms with Gasteiger partial charge in [-0.15, -0.1) is 0 Å². The van der Waals surface area contributed by atoms with Crippen LogP contribution in [0.3, 0.4) is 0 Å². The van der Waals surface area contributed by atoms with E-state index in [4.69, 9.17) is 4.74 Å². The zero-order valence-corrected chi connectivity index (χ0v) is 15.8. The summed E-state index contributed by atoms with van der Waals surface area (Å²) >= 11 is 0. The van der Waals surface area contributed by atoms with Gasteiger partial charge in [-0.2, -0.15) is 4.39 Å². The third kappa shape index (κ3) is 3.62. The molecule has 3 heteroatoms. The molecule has 1 nitrogen and oxygen atoms in total. The highest BCUT2D eigenvalue weighted by molar-refractivity contribution is 5.72. The van der Waals surface area contributed by atoms with Gasteiger partial charge < -0.3 is 4.74 Å². The van der Waals surface area contributed by atoms with E-state index in [-0.39, 0.29) is 11.7 Å². The van der Waals surface area contributed by atoms with E-state index in [2.05, 4.69) is 6.92 Å². The van der Waals surface area contributed by atoms with Crippen molar-refractivity contribution in [3.8, 4) is 16.9 Å². The topological polar surface area (TPSA) is 9.23 Å². The SMILES string of the molecule is CCCc1c(OCC)c(F)c(F)c(-c2ccccc2)c1C1CCCCC1. The van der Waals surface area contributed by atoms with Crippen LogP contribution in [0.15, 0.2) is 30.3 Å². The third-order valence-corrected chi connectivity index (χ3v) is 5.34. The first-order valence-electron chi connectivity index (χ1n) is 9.90. The minimum absolute atomic E-state index is 0.132. The highest BCUT2D eigenvalue weighted by Crippen LogP contribution is 2.46. The average Bonchev–Trinajstić information content (AvgIpc) is 2.68. The van der Waals surface area contributed by atoms with Gasteiger partial charge in [0, 0.05) is 11.1 Å². The molecule has 1 fully saturated rings. The summed E-state index contributed by atoms with van der Waals surface area (Å²) < 4.78 is 35.8. The molecule has 3 rings (SSSR count). The van der Waals surface area contributed by atoms with Crippen molar-refractivity contribution in [1.29, 1.82) is 0 Å². The van der Waals surface area contributed by atoms with Gasteiger partial charge in [0.15, 0.2) is 11.6 Å². The molecule has 0 aromatic heterocycles. The smallest absolute Gasteiger partial charge is 0.201 e. The molecule has 0 aliphatic heterocycles. The summed E-state index contributed by atoms with van der Waals surface area (Å²) in [6.07, 6.45) is 7.17. The number of halogens is 2. The molecular formula is C23H28F2O. The van der Waals surface area contributed by atoms with Gasteiger partial charge in [0.2, 0.25) is 5.82 Å². The molecule has 2 aromatic rings. The molecule has 26 heavy (non-hydrogen) atoms. The Morgan fingerprint density at radius 3 is 2.27 bits per heavy atom. The summed E-state index contributed by atoms with van der Waals surface area (Å²) in [6.45, 7) is 4.23. The van der Waals surface area contributed by atoms with Gasteiger partial charge in [0.1, 0.15) is 0 Å². The predicted molar refractivity (Wildman–Crippen MR) is 103 cm³/mol. The fourth-order valence-corrected chi connectivity index (χ4v) is 4.26. The summed E-state index contributed by atoms with van der Waals surface area (Å²) in [7, 11) is 0. The number of ether oxygens (including phenoxy) is 1. The van der Waals surface area contributed by atoms with Crippen LogP contribution < -0.4 is 4.74 Å². The van der Waals surface area contributed by atoms with Gasteiger partial charge in [0.25, 0.3) is 0 Å². The van der Waals surface area contributed by atoms with E-state index in [9.17, 15) is 4.39 Å². The molecule has 0 spiro atoms. The Balaban J connectivity index is 2.30. The summed E-state index contributed by atoms with van der Waals surface area (Å²) in [5.41, 5.74) is 3.06. The zero-order chi connectivity index (χ0) is 18.5. The second-order valence-corrected chi connectivity index (χ2v) is 7.11. The number of benzene rings is 2. The lowest BCUT2D eigenvalue weighted by molar-refractivity contribution is 0.308. The molecule has 0 heterocycles. The Hall–Kier alpha value is -1.90. The van der Waals surface area contributed by atoms with Crippen LogP contribution in [0, 0.1) is 11.6 Å². The second kappa shape index (κ2) is 8.66. The van der Waals surface area contributed by atoms with Gasteiger partial charge in [-0.05, 0) is 43.2 Å².